The molecule has 0 aromatic rings. The highest BCUT2D eigenvalue weighted by Crippen LogP contribution is 2.22. The fourth-order valence-corrected chi connectivity index (χ4v) is 2.38. The van der Waals surface area contributed by atoms with Crippen LogP contribution in [0.2, 0.25) is 0 Å². The van der Waals surface area contributed by atoms with Crippen LogP contribution in [0.25, 0.3) is 0 Å². The van der Waals surface area contributed by atoms with Crippen molar-refractivity contribution in [3.8, 4) is 0 Å². The van der Waals surface area contributed by atoms with Gasteiger partial charge < -0.3 is 10.0 Å². The Balaban J connectivity index is 2.28. The minimum Gasteiger partial charge on any atom is -0.393 e. The van der Waals surface area contributed by atoms with Gasteiger partial charge >= 0.3 is 0 Å². The molecule has 108 valence electrons. The third-order valence-corrected chi connectivity index (χ3v) is 4.04. The molecule has 1 unspecified atom stereocenters. The normalized spacial score (nSPS) is 22.2. The van der Waals surface area contributed by atoms with Crippen LogP contribution in [0.5, 0.6) is 0 Å². The Morgan fingerprint density at radius 1 is 0.944 bits per heavy atom. The minimum absolute atomic E-state index is 0.00717. The van der Waals surface area contributed by atoms with E-state index in [-0.39, 0.29) is 17.1 Å². The summed E-state index contributed by atoms with van der Waals surface area (Å²) < 4.78 is 0. The molecule has 1 heterocycles. The van der Waals surface area contributed by atoms with Crippen LogP contribution in [-0.2, 0) is 0 Å². The summed E-state index contributed by atoms with van der Waals surface area (Å²) >= 11 is 0. The van der Waals surface area contributed by atoms with E-state index >= 15 is 0 Å². The average Bonchev–Trinajstić information content (AvgIpc) is 2.24. The van der Waals surface area contributed by atoms with Crippen molar-refractivity contribution in [2.75, 3.05) is 32.7 Å². The van der Waals surface area contributed by atoms with Crippen LogP contribution >= 0.6 is 0 Å². The van der Waals surface area contributed by atoms with E-state index in [4.69, 9.17) is 0 Å². The van der Waals surface area contributed by atoms with Crippen molar-refractivity contribution in [2.24, 2.45) is 5.41 Å². The molecule has 1 aliphatic heterocycles. The molecule has 0 aliphatic carbocycles. The topological polar surface area (TPSA) is 26.7 Å². The molecule has 0 spiro atoms. The third-order valence-electron chi connectivity index (χ3n) is 4.04. The van der Waals surface area contributed by atoms with E-state index in [2.05, 4.69) is 51.3 Å². The number of nitrogens with zero attached hydrogens (tertiary/aromatic N) is 2. The Labute approximate surface area is 113 Å². The average molecular weight is 256 g/mol. The van der Waals surface area contributed by atoms with Gasteiger partial charge in [-0.25, -0.2) is 0 Å². The van der Waals surface area contributed by atoms with Gasteiger partial charge in [-0.05, 0) is 32.6 Å². The maximum Gasteiger partial charge on any atom is 0.0600 e. The molecular weight excluding hydrogens is 224 g/mol. The van der Waals surface area contributed by atoms with Crippen molar-refractivity contribution in [3.05, 3.63) is 0 Å². The Morgan fingerprint density at radius 3 is 1.83 bits per heavy atom. The zero-order chi connectivity index (χ0) is 14.0. The summed E-state index contributed by atoms with van der Waals surface area (Å²) in [7, 11) is 0. The van der Waals surface area contributed by atoms with E-state index in [0.29, 0.717) is 0 Å². The second-order valence-corrected chi connectivity index (χ2v) is 7.67. The molecule has 1 N–H and O–H groups in total. The molecule has 1 rings (SSSR count). The molecule has 1 atom stereocenters. The molecule has 3 nitrogen and oxygen atoms in total. The highest BCUT2D eigenvalue weighted by molar-refractivity contribution is 4.82. The van der Waals surface area contributed by atoms with Crippen LogP contribution in [0.1, 0.15) is 48.0 Å². The van der Waals surface area contributed by atoms with E-state index in [9.17, 15) is 5.11 Å². The zero-order valence-electron chi connectivity index (χ0n) is 13.2. The van der Waals surface area contributed by atoms with Crippen molar-refractivity contribution in [2.45, 2.75) is 59.6 Å². The Hall–Kier alpha value is -0.120. The zero-order valence-corrected chi connectivity index (χ0v) is 13.2. The van der Waals surface area contributed by atoms with E-state index in [1.165, 1.54) is 0 Å². The molecule has 0 amide bonds. The minimum atomic E-state index is -0.196. The summed E-state index contributed by atoms with van der Waals surface area (Å²) in [6.07, 6.45) is 0.692. The predicted octanol–water partition coefficient (Wildman–Crippen LogP) is 2.20. The lowest BCUT2D eigenvalue weighted by molar-refractivity contribution is 0.0267. The van der Waals surface area contributed by atoms with Gasteiger partial charge in [-0.3, -0.25) is 4.90 Å². The number of hydrogen-bond donors (Lipinski definition) is 1. The summed E-state index contributed by atoms with van der Waals surface area (Å²) in [5.74, 6) is 0. The number of aliphatic hydroxyl groups excluding tert-OH is 1. The standard InChI is InChI=1S/C15H32N2O/c1-14(2,3)13(18)7-8-16-9-11-17(12-10-16)15(4,5)6/h13,18H,7-12H2,1-6H3. The summed E-state index contributed by atoms with van der Waals surface area (Å²) in [6, 6.07) is 0. The molecule has 0 radical (unpaired) electrons. The lowest BCUT2D eigenvalue weighted by Crippen LogP contribution is -2.53. The number of rotatable bonds is 3. The second kappa shape index (κ2) is 5.89. The number of piperazine rings is 1. The molecule has 0 aromatic carbocycles. The first-order chi connectivity index (χ1) is 8.10. The quantitative estimate of drug-likeness (QED) is 0.838. The molecule has 1 fully saturated rings. The molecule has 18 heavy (non-hydrogen) atoms. The Kier molecular flexibility index (Phi) is 5.22. The fraction of sp³-hybridized carbons (Fsp3) is 1.00. The molecule has 0 bridgehead atoms. The van der Waals surface area contributed by atoms with Crippen LogP contribution in [-0.4, -0.2) is 59.3 Å². The van der Waals surface area contributed by atoms with Crippen molar-refractivity contribution >= 4 is 0 Å². The highest BCUT2D eigenvalue weighted by Gasteiger charge is 2.27. The van der Waals surface area contributed by atoms with Crippen molar-refractivity contribution in [3.63, 3.8) is 0 Å². The van der Waals surface area contributed by atoms with Gasteiger partial charge in [0.15, 0.2) is 0 Å². The first kappa shape index (κ1) is 15.9. The molecule has 0 aromatic heterocycles. The van der Waals surface area contributed by atoms with Gasteiger partial charge in [-0.15, -0.1) is 0 Å². The van der Waals surface area contributed by atoms with E-state index in [1.807, 2.05) is 0 Å². The van der Waals surface area contributed by atoms with Crippen molar-refractivity contribution < 1.29 is 5.11 Å². The summed E-state index contributed by atoms with van der Waals surface area (Å²) in [6.45, 7) is 18.8. The van der Waals surface area contributed by atoms with Crippen LogP contribution < -0.4 is 0 Å². The van der Waals surface area contributed by atoms with E-state index in [1.54, 1.807) is 0 Å². The van der Waals surface area contributed by atoms with Gasteiger partial charge in [0.2, 0.25) is 0 Å². The highest BCUT2D eigenvalue weighted by atomic mass is 16.3. The summed E-state index contributed by atoms with van der Waals surface area (Å²) in [4.78, 5) is 5.03. The molecule has 1 aliphatic rings. The maximum absolute atomic E-state index is 10.1. The van der Waals surface area contributed by atoms with Crippen molar-refractivity contribution in [1.82, 2.24) is 9.80 Å². The number of hydrogen-bond acceptors (Lipinski definition) is 3. The van der Waals surface area contributed by atoms with Gasteiger partial charge in [-0.1, -0.05) is 20.8 Å². The Morgan fingerprint density at radius 2 is 1.44 bits per heavy atom. The van der Waals surface area contributed by atoms with Gasteiger partial charge in [0, 0.05) is 38.3 Å². The van der Waals surface area contributed by atoms with Gasteiger partial charge in [0.05, 0.1) is 6.10 Å². The molecule has 3 heteroatoms. The SMILES string of the molecule is CC(C)(C)C(O)CCN1CCN(C(C)(C)C)CC1. The van der Waals surface area contributed by atoms with Crippen LogP contribution in [0.4, 0.5) is 0 Å². The van der Waals surface area contributed by atoms with E-state index in [0.717, 1.165) is 39.1 Å². The van der Waals surface area contributed by atoms with Crippen LogP contribution in [0, 0.1) is 5.41 Å². The molecular formula is C15H32N2O. The maximum atomic E-state index is 10.1. The lowest BCUT2D eigenvalue weighted by atomic mass is 9.87. The summed E-state index contributed by atoms with van der Waals surface area (Å²) in [5, 5.41) is 10.1. The first-order valence-electron chi connectivity index (χ1n) is 7.26. The van der Waals surface area contributed by atoms with Gasteiger partial charge in [0.1, 0.15) is 0 Å². The second-order valence-electron chi connectivity index (χ2n) is 7.67. The first-order valence-corrected chi connectivity index (χ1v) is 7.26. The van der Waals surface area contributed by atoms with E-state index < -0.39 is 0 Å². The monoisotopic (exact) mass is 256 g/mol. The van der Waals surface area contributed by atoms with Crippen molar-refractivity contribution in [1.29, 1.82) is 0 Å². The smallest absolute Gasteiger partial charge is 0.0600 e. The van der Waals surface area contributed by atoms with Crippen LogP contribution in [0.15, 0.2) is 0 Å². The largest absolute Gasteiger partial charge is 0.393 e. The van der Waals surface area contributed by atoms with Gasteiger partial charge in [-0.2, -0.15) is 0 Å². The number of aliphatic hydroxyl groups is 1. The predicted molar refractivity (Wildman–Crippen MR) is 77.8 cm³/mol. The van der Waals surface area contributed by atoms with Gasteiger partial charge in [0.25, 0.3) is 0 Å². The third kappa shape index (κ3) is 4.87. The Bertz CT molecular complexity index is 244. The summed E-state index contributed by atoms with van der Waals surface area (Å²) in [5.41, 5.74) is 0.296. The van der Waals surface area contributed by atoms with Crippen LogP contribution in [0.3, 0.4) is 0 Å². The molecule has 0 saturated carbocycles. The molecule has 1 saturated heterocycles. The lowest BCUT2D eigenvalue weighted by Gasteiger charge is -2.42. The fourth-order valence-electron chi connectivity index (χ4n) is 2.38.